The van der Waals surface area contributed by atoms with Crippen LogP contribution in [0.5, 0.6) is 0 Å². The SMILES string of the molecule is CNC(Cc1cc(C)nn1C)C(C)(C)OC. The Morgan fingerprint density at radius 1 is 1.56 bits per heavy atom. The van der Waals surface area contributed by atoms with Gasteiger partial charge in [0.25, 0.3) is 0 Å². The first-order chi connectivity index (χ1) is 7.40. The molecule has 0 saturated heterocycles. The van der Waals surface area contributed by atoms with Crippen molar-refractivity contribution in [2.75, 3.05) is 14.2 Å². The predicted octanol–water partition coefficient (Wildman–Crippen LogP) is 1.28. The van der Waals surface area contributed by atoms with Gasteiger partial charge >= 0.3 is 0 Å². The van der Waals surface area contributed by atoms with E-state index in [1.54, 1.807) is 7.11 Å². The van der Waals surface area contributed by atoms with E-state index in [0.29, 0.717) is 0 Å². The summed E-state index contributed by atoms with van der Waals surface area (Å²) < 4.78 is 7.45. The first-order valence-corrected chi connectivity index (χ1v) is 5.62. The Bertz CT molecular complexity index is 344. The molecule has 0 aliphatic carbocycles. The van der Waals surface area contributed by atoms with Crippen molar-refractivity contribution in [2.24, 2.45) is 7.05 Å². The molecule has 0 amide bonds. The topological polar surface area (TPSA) is 39.1 Å². The molecule has 1 aromatic heterocycles. The van der Waals surface area contributed by atoms with Crippen LogP contribution in [0.25, 0.3) is 0 Å². The van der Waals surface area contributed by atoms with E-state index in [2.05, 4.69) is 30.3 Å². The lowest BCUT2D eigenvalue weighted by Crippen LogP contribution is -2.48. The molecule has 1 rings (SSSR count). The quantitative estimate of drug-likeness (QED) is 0.820. The van der Waals surface area contributed by atoms with Crippen LogP contribution in [-0.2, 0) is 18.2 Å². The first-order valence-electron chi connectivity index (χ1n) is 5.62. The lowest BCUT2D eigenvalue weighted by Gasteiger charge is -2.32. The number of nitrogens with zero attached hydrogens (tertiary/aromatic N) is 2. The van der Waals surface area contributed by atoms with E-state index < -0.39 is 0 Å². The summed E-state index contributed by atoms with van der Waals surface area (Å²) >= 11 is 0. The summed E-state index contributed by atoms with van der Waals surface area (Å²) in [7, 11) is 5.70. The first kappa shape index (κ1) is 13.2. The Hall–Kier alpha value is -0.870. The second kappa shape index (κ2) is 4.97. The number of aromatic nitrogens is 2. The molecule has 4 nitrogen and oxygen atoms in total. The Morgan fingerprint density at radius 3 is 2.56 bits per heavy atom. The second-order valence-corrected chi connectivity index (χ2v) is 4.75. The molecule has 0 aliphatic heterocycles. The van der Waals surface area contributed by atoms with E-state index in [0.717, 1.165) is 12.1 Å². The molecule has 1 aromatic rings. The van der Waals surface area contributed by atoms with Crippen molar-refractivity contribution in [3.63, 3.8) is 0 Å². The number of likely N-dealkylation sites (N-methyl/N-ethyl adjacent to an activating group) is 1. The van der Waals surface area contributed by atoms with Crippen molar-refractivity contribution in [1.82, 2.24) is 15.1 Å². The van der Waals surface area contributed by atoms with Crippen LogP contribution >= 0.6 is 0 Å². The Kier molecular flexibility index (Phi) is 4.10. The number of aryl methyl sites for hydroxylation is 2. The number of hydrogen-bond acceptors (Lipinski definition) is 3. The standard InChI is InChI=1S/C12H23N3O/c1-9-7-10(15(5)14-9)8-11(13-4)12(2,3)16-6/h7,11,13H,8H2,1-6H3. The van der Waals surface area contributed by atoms with Crippen molar-refractivity contribution in [3.05, 3.63) is 17.5 Å². The molecule has 92 valence electrons. The molecule has 0 spiro atoms. The van der Waals surface area contributed by atoms with Crippen LogP contribution in [0.4, 0.5) is 0 Å². The van der Waals surface area contributed by atoms with Gasteiger partial charge in [-0.3, -0.25) is 4.68 Å². The minimum absolute atomic E-state index is 0.188. The Labute approximate surface area is 98.0 Å². The number of rotatable bonds is 5. The number of hydrogen-bond donors (Lipinski definition) is 1. The average molecular weight is 225 g/mol. The van der Waals surface area contributed by atoms with Crippen LogP contribution in [0, 0.1) is 6.92 Å². The monoisotopic (exact) mass is 225 g/mol. The zero-order chi connectivity index (χ0) is 12.3. The molecule has 0 aliphatic rings. The van der Waals surface area contributed by atoms with Gasteiger partial charge < -0.3 is 10.1 Å². The molecule has 1 N–H and O–H groups in total. The van der Waals surface area contributed by atoms with Crippen molar-refractivity contribution in [3.8, 4) is 0 Å². The molecule has 1 atom stereocenters. The fraction of sp³-hybridized carbons (Fsp3) is 0.750. The summed E-state index contributed by atoms with van der Waals surface area (Å²) in [6.07, 6.45) is 0.911. The van der Waals surface area contributed by atoms with E-state index in [-0.39, 0.29) is 11.6 Å². The zero-order valence-corrected chi connectivity index (χ0v) is 11.2. The van der Waals surface area contributed by atoms with Crippen molar-refractivity contribution < 1.29 is 4.74 Å². The highest BCUT2D eigenvalue weighted by Gasteiger charge is 2.28. The van der Waals surface area contributed by atoms with E-state index in [1.165, 1.54) is 5.69 Å². The molecule has 16 heavy (non-hydrogen) atoms. The van der Waals surface area contributed by atoms with Crippen molar-refractivity contribution in [1.29, 1.82) is 0 Å². The van der Waals surface area contributed by atoms with Crippen LogP contribution in [0.2, 0.25) is 0 Å². The zero-order valence-electron chi connectivity index (χ0n) is 11.2. The van der Waals surface area contributed by atoms with Gasteiger partial charge in [-0.1, -0.05) is 0 Å². The van der Waals surface area contributed by atoms with Crippen LogP contribution in [0.15, 0.2) is 6.07 Å². The third-order valence-electron chi connectivity index (χ3n) is 3.23. The van der Waals surface area contributed by atoms with E-state index in [4.69, 9.17) is 4.74 Å². The normalized spacial score (nSPS) is 14.1. The fourth-order valence-corrected chi connectivity index (χ4v) is 1.90. The maximum atomic E-state index is 5.52. The Balaban J connectivity index is 2.82. The summed E-state index contributed by atoms with van der Waals surface area (Å²) in [5, 5.41) is 7.67. The molecular formula is C12H23N3O. The molecule has 0 saturated carbocycles. The molecule has 0 fully saturated rings. The summed E-state index contributed by atoms with van der Waals surface area (Å²) in [5.74, 6) is 0. The predicted molar refractivity (Wildman–Crippen MR) is 65.6 cm³/mol. The highest BCUT2D eigenvalue weighted by atomic mass is 16.5. The lowest BCUT2D eigenvalue weighted by molar-refractivity contribution is -0.00841. The second-order valence-electron chi connectivity index (χ2n) is 4.75. The number of methoxy groups -OCH3 is 1. The van der Waals surface area contributed by atoms with Gasteiger partial charge in [0.05, 0.1) is 11.3 Å². The number of ether oxygens (including phenoxy) is 1. The minimum Gasteiger partial charge on any atom is -0.377 e. The lowest BCUT2D eigenvalue weighted by atomic mass is 9.94. The van der Waals surface area contributed by atoms with Gasteiger partial charge in [0, 0.05) is 32.3 Å². The molecule has 0 radical (unpaired) electrons. The molecule has 1 unspecified atom stereocenters. The van der Waals surface area contributed by atoms with Gasteiger partial charge in [0.15, 0.2) is 0 Å². The Morgan fingerprint density at radius 2 is 2.19 bits per heavy atom. The maximum absolute atomic E-state index is 5.52. The molecule has 1 heterocycles. The highest BCUT2D eigenvalue weighted by molar-refractivity contribution is 5.11. The van der Waals surface area contributed by atoms with Gasteiger partial charge in [-0.15, -0.1) is 0 Å². The summed E-state index contributed by atoms with van der Waals surface area (Å²) in [4.78, 5) is 0. The van der Waals surface area contributed by atoms with Crippen LogP contribution in [0.3, 0.4) is 0 Å². The van der Waals surface area contributed by atoms with Gasteiger partial charge in [0.2, 0.25) is 0 Å². The van der Waals surface area contributed by atoms with Crippen LogP contribution < -0.4 is 5.32 Å². The van der Waals surface area contributed by atoms with Crippen LogP contribution in [-0.4, -0.2) is 35.6 Å². The fourth-order valence-electron chi connectivity index (χ4n) is 1.90. The van der Waals surface area contributed by atoms with E-state index >= 15 is 0 Å². The smallest absolute Gasteiger partial charge is 0.0778 e. The summed E-state index contributed by atoms with van der Waals surface area (Å²) in [6, 6.07) is 2.39. The van der Waals surface area contributed by atoms with Crippen LogP contribution in [0.1, 0.15) is 25.2 Å². The van der Waals surface area contributed by atoms with Gasteiger partial charge in [-0.2, -0.15) is 5.10 Å². The summed E-state index contributed by atoms with van der Waals surface area (Å²) in [5.41, 5.74) is 2.09. The van der Waals surface area contributed by atoms with E-state index in [9.17, 15) is 0 Å². The largest absolute Gasteiger partial charge is 0.377 e. The third-order valence-corrected chi connectivity index (χ3v) is 3.23. The average Bonchev–Trinajstić information content (AvgIpc) is 2.53. The van der Waals surface area contributed by atoms with Gasteiger partial charge in [-0.05, 0) is 33.9 Å². The van der Waals surface area contributed by atoms with Crippen molar-refractivity contribution >= 4 is 0 Å². The molecule has 0 aromatic carbocycles. The number of nitrogens with one attached hydrogen (secondary N) is 1. The van der Waals surface area contributed by atoms with Crippen molar-refractivity contribution in [2.45, 2.75) is 38.8 Å². The maximum Gasteiger partial charge on any atom is 0.0778 e. The highest BCUT2D eigenvalue weighted by Crippen LogP contribution is 2.18. The molecule has 0 bridgehead atoms. The van der Waals surface area contributed by atoms with Gasteiger partial charge in [-0.25, -0.2) is 0 Å². The third kappa shape index (κ3) is 2.83. The van der Waals surface area contributed by atoms with E-state index in [1.807, 2.05) is 25.7 Å². The molecular weight excluding hydrogens is 202 g/mol. The summed E-state index contributed by atoms with van der Waals surface area (Å²) in [6.45, 7) is 6.20. The molecule has 4 heteroatoms. The minimum atomic E-state index is -0.188. The van der Waals surface area contributed by atoms with Gasteiger partial charge in [0.1, 0.15) is 0 Å².